The Balaban J connectivity index is 2.85. The standard InChI is InChI=1S/C10H10BrClFNO4S/c1-18-10(15)7(12)5-14-19(16,17)9-3-2-6(11)4-8(9)13/h2-4,7,14H,5H2,1H3. The van der Waals surface area contributed by atoms with Crippen LogP contribution < -0.4 is 4.72 Å². The lowest BCUT2D eigenvalue weighted by Crippen LogP contribution is -2.34. The number of hydrogen-bond donors (Lipinski definition) is 1. The van der Waals surface area contributed by atoms with Gasteiger partial charge < -0.3 is 4.74 Å². The van der Waals surface area contributed by atoms with E-state index >= 15 is 0 Å². The first-order chi connectivity index (χ1) is 8.77. The molecule has 0 aliphatic rings. The second kappa shape index (κ2) is 6.65. The van der Waals surface area contributed by atoms with Gasteiger partial charge in [-0.05, 0) is 18.2 Å². The second-order valence-electron chi connectivity index (χ2n) is 3.42. The van der Waals surface area contributed by atoms with Crippen molar-refractivity contribution in [2.45, 2.75) is 10.3 Å². The van der Waals surface area contributed by atoms with Crippen molar-refractivity contribution in [3.8, 4) is 0 Å². The minimum Gasteiger partial charge on any atom is -0.468 e. The number of alkyl halides is 1. The van der Waals surface area contributed by atoms with Crippen molar-refractivity contribution in [3.63, 3.8) is 0 Å². The average molecular weight is 375 g/mol. The summed E-state index contributed by atoms with van der Waals surface area (Å²) in [5, 5.41) is -1.18. The van der Waals surface area contributed by atoms with Crippen molar-refractivity contribution >= 4 is 43.5 Å². The molecule has 106 valence electrons. The Morgan fingerprint density at radius 2 is 2.21 bits per heavy atom. The molecular formula is C10H10BrClFNO4S. The van der Waals surface area contributed by atoms with Crippen LogP contribution in [-0.2, 0) is 19.6 Å². The molecule has 0 aliphatic heterocycles. The highest BCUT2D eigenvalue weighted by atomic mass is 79.9. The molecule has 0 saturated heterocycles. The number of hydrogen-bond acceptors (Lipinski definition) is 4. The number of methoxy groups -OCH3 is 1. The second-order valence-corrected chi connectivity index (χ2v) is 6.60. The van der Waals surface area contributed by atoms with Crippen molar-refractivity contribution in [2.75, 3.05) is 13.7 Å². The number of nitrogens with one attached hydrogen (secondary N) is 1. The SMILES string of the molecule is COC(=O)C(Cl)CNS(=O)(=O)c1ccc(Br)cc1F. The van der Waals surface area contributed by atoms with Gasteiger partial charge in [-0.1, -0.05) is 15.9 Å². The van der Waals surface area contributed by atoms with Gasteiger partial charge in [-0.2, -0.15) is 0 Å². The van der Waals surface area contributed by atoms with Crippen LogP contribution in [0.4, 0.5) is 4.39 Å². The van der Waals surface area contributed by atoms with Gasteiger partial charge >= 0.3 is 5.97 Å². The van der Waals surface area contributed by atoms with Crippen LogP contribution in [-0.4, -0.2) is 33.4 Å². The molecule has 1 unspecified atom stereocenters. The minimum absolute atomic E-state index is 0.397. The number of carbonyl (C=O) groups excluding carboxylic acids is 1. The van der Waals surface area contributed by atoms with Crippen LogP contribution in [0.3, 0.4) is 0 Å². The summed E-state index contributed by atoms with van der Waals surface area (Å²) in [7, 11) is -2.96. The Hall–Kier alpha value is -0.700. The Kier molecular flexibility index (Phi) is 5.72. The van der Waals surface area contributed by atoms with E-state index in [-0.39, 0.29) is 0 Å². The lowest BCUT2D eigenvalue weighted by atomic mass is 10.3. The maximum absolute atomic E-state index is 13.5. The first-order valence-electron chi connectivity index (χ1n) is 4.94. The lowest BCUT2D eigenvalue weighted by Gasteiger charge is -2.10. The summed E-state index contributed by atoms with van der Waals surface area (Å²) in [6.07, 6.45) is 0. The number of halogens is 3. The number of esters is 1. The van der Waals surface area contributed by atoms with E-state index in [0.717, 1.165) is 19.2 Å². The fourth-order valence-electron chi connectivity index (χ4n) is 1.16. The van der Waals surface area contributed by atoms with E-state index in [1.54, 1.807) is 0 Å². The van der Waals surface area contributed by atoms with Crippen LogP contribution in [0.5, 0.6) is 0 Å². The molecule has 1 aromatic carbocycles. The van der Waals surface area contributed by atoms with Crippen molar-refractivity contribution in [1.82, 2.24) is 4.72 Å². The highest BCUT2D eigenvalue weighted by molar-refractivity contribution is 9.10. The predicted molar refractivity (Wildman–Crippen MR) is 70.9 cm³/mol. The van der Waals surface area contributed by atoms with E-state index in [9.17, 15) is 17.6 Å². The Morgan fingerprint density at radius 1 is 1.58 bits per heavy atom. The smallest absolute Gasteiger partial charge is 0.325 e. The van der Waals surface area contributed by atoms with Crippen LogP contribution in [0, 0.1) is 5.82 Å². The molecule has 1 aromatic rings. The van der Waals surface area contributed by atoms with Gasteiger partial charge in [-0.15, -0.1) is 11.6 Å². The molecule has 0 aromatic heterocycles. The summed E-state index contributed by atoms with van der Waals surface area (Å²) >= 11 is 8.60. The fraction of sp³-hybridized carbons (Fsp3) is 0.300. The molecular weight excluding hydrogens is 365 g/mol. The van der Waals surface area contributed by atoms with Crippen molar-refractivity contribution in [1.29, 1.82) is 0 Å². The highest BCUT2D eigenvalue weighted by Gasteiger charge is 2.23. The van der Waals surface area contributed by atoms with Gasteiger partial charge in [-0.25, -0.2) is 17.5 Å². The summed E-state index contributed by atoms with van der Waals surface area (Å²) < 4.78 is 43.9. The van der Waals surface area contributed by atoms with Gasteiger partial charge in [0, 0.05) is 11.0 Å². The van der Waals surface area contributed by atoms with Gasteiger partial charge in [0.15, 0.2) is 0 Å². The van der Waals surface area contributed by atoms with E-state index in [1.807, 2.05) is 4.72 Å². The molecule has 0 spiro atoms. The zero-order chi connectivity index (χ0) is 14.6. The molecule has 0 heterocycles. The van der Waals surface area contributed by atoms with E-state index in [4.69, 9.17) is 11.6 Å². The highest BCUT2D eigenvalue weighted by Crippen LogP contribution is 2.19. The van der Waals surface area contributed by atoms with Crippen LogP contribution in [0.2, 0.25) is 0 Å². The molecule has 0 fully saturated rings. The average Bonchev–Trinajstić information content (AvgIpc) is 2.34. The minimum atomic E-state index is -4.08. The number of benzene rings is 1. The van der Waals surface area contributed by atoms with Crippen LogP contribution in [0.25, 0.3) is 0 Å². The van der Waals surface area contributed by atoms with Gasteiger partial charge in [0.05, 0.1) is 7.11 Å². The molecule has 0 bridgehead atoms. The number of sulfonamides is 1. The molecule has 1 rings (SSSR count). The monoisotopic (exact) mass is 373 g/mol. The Morgan fingerprint density at radius 3 is 2.74 bits per heavy atom. The summed E-state index contributed by atoms with van der Waals surface area (Å²) in [5.41, 5.74) is 0. The fourth-order valence-corrected chi connectivity index (χ4v) is 2.86. The molecule has 0 radical (unpaired) electrons. The van der Waals surface area contributed by atoms with E-state index in [0.29, 0.717) is 4.47 Å². The molecule has 5 nitrogen and oxygen atoms in total. The van der Waals surface area contributed by atoms with Crippen LogP contribution in [0.15, 0.2) is 27.6 Å². The third kappa shape index (κ3) is 4.41. The van der Waals surface area contributed by atoms with Crippen molar-refractivity contribution in [3.05, 3.63) is 28.5 Å². The first-order valence-corrected chi connectivity index (χ1v) is 7.66. The summed E-state index contributed by atoms with van der Waals surface area (Å²) in [4.78, 5) is 10.5. The predicted octanol–water partition coefficient (Wildman–Crippen LogP) is 1.65. The van der Waals surface area contributed by atoms with Crippen molar-refractivity contribution < 1.29 is 22.3 Å². The van der Waals surface area contributed by atoms with Gasteiger partial charge in [0.2, 0.25) is 10.0 Å². The maximum atomic E-state index is 13.5. The largest absolute Gasteiger partial charge is 0.468 e. The zero-order valence-corrected chi connectivity index (χ0v) is 12.9. The normalized spacial score (nSPS) is 13.1. The summed E-state index contributed by atoms with van der Waals surface area (Å²) in [5.74, 6) is -1.69. The molecule has 1 atom stereocenters. The van der Waals surface area contributed by atoms with Gasteiger partial charge in [0.25, 0.3) is 0 Å². The van der Waals surface area contributed by atoms with Gasteiger partial charge in [-0.3, -0.25) is 4.79 Å². The molecule has 0 aliphatic carbocycles. The van der Waals surface area contributed by atoms with Crippen LogP contribution >= 0.6 is 27.5 Å². The molecule has 1 N–H and O–H groups in total. The van der Waals surface area contributed by atoms with Crippen molar-refractivity contribution in [2.24, 2.45) is 0 Å². The summed E-state index contributed by atoms with van der Waals surface area (Å²) in [6.45, 7) is -0.397. The topological polar surface area (TPSA) is 72.5 Å². The van der Waals surface area contributed by atoms with E-state index < -0.39 is 38.6 Å². The molecule has 0 amide bonds. The molecule has 0 saturated carbocycles. The van der Waals surface area contributed by atoms with Gasteiger partial charge in [0.1, 0.15) is 16.1 Å². The Bertz CT molecular complexity index is 581. The maximum Gasteiger partial charge on any atom is 0.325 e. The summed E-state index contributed by atoms with van der Waals surface area (Å²) in [6, 6.07) is 3.51. The third-order valence-corrected chi connectivity index (χ3v) is 4.38. The number of carbonyl (C=O) groups is 1. The van der Waals surface area contributed by atoms with E-state index in [2.05, 4.69) is 20.7 Å². The quantitative estimate of drug-likeness (QED) is 0.628. The number of ether oxygens (including phenoxy) is 1. The van der Waals surface area contributed by atoms with E-state index in [1.165, 1.54) is 6.07 Å². The Labute approximate surface area is 123 Å². The number of rotatable bonds is 5. The van der Waals surface area contributed by atoms with Crippen LogP contribution in [0.1, 0.15) is 0 Å². The first kappa shape index (κ1) is 16.4. The third-order valence-electron chi connectivity index (χ3n) is 2.09. The lowest BCUT2D eigenvalue weighted by molar-refractivity contribution is -0.140. The zero-order valence-electron chi connectivity index (χ0n) is 9.69. The molecule has 9 heteroatoms. The molecule has 19 heavy (non-hydrogen) atoms.